The van der Waals surface area contributed by atoms with E-state index in [9.17, 15) is 8.42 Å². The highest BCUT2D eigenvalue weighted by atomic mass is 35.5. The summed E-state index contributed by atoms with van der Waals surface area (Å²) in [5.74, 6) is 0.476. The Morgan fingerprint density at radius 1 is 1.60 bits per heavy atom. The van der Waals surface area contributed by atoms with E-state index in [1.54, 1.807) is 6.92 Å². The highest BCUT2D eigenvalue weighted by Gasteiger charge is 2.06. The lowest BCUT2D eigenvalue weighted by molar-refractivity contribution is 0.562. The predicted octanol–water partition coefficient (Wildman–Crippen LogP) is 0.553. The number of hydrogen-bond acceptors (Lipinski definition) is 2. The first-order valence-corrected chi connectivity index (χ1v) is 5.41. The van der Waals surface area contributed by atoms with Crippen LogP contribution in [0.15, 0.2) is 0 Å². The van der Waals surface area contributed by atoms with Crippen molar-refractivity contribution >= 4 is 21.6 Å². The fraction of sp³-hybridized carbons (Fsp3) is 1.00. The molecule has 3 nitrogen and oxygen atoms in total. The van der Waals surface area contributed by atoms with Crippen LogP contribution in [0, 0.1) is 0 Å². The van der Waals surface area contributed by atoms with E-state index in [-0.39, 0.29) is 6.04 Å². The molecule has 0 aromatic rings. The first-order chi connectivity index (χ1) is 4.45. The molecule has 0 bridgehead atoms. The maximum Gasteiger partial charge on any atom is 0.208 e. The van der Waals surface area contributed by atoms with Gasteiger partial charge in [0.25, 0.3) is 0 Å². The van der Waals surface area contributed by atoms with Crippen LogP contribution < -0.4 is 4.72 Å². The third-order valence-corrected chi connectivity index (χ3v) is 2.01. The lowest BCUT2D eigenvalue weighted by Crippen LogP contribution is -2.31. The van der Waals surface area contributed by atoms with E-state index in [0.717, 1.165) is 6.26 Å². The molecule has 0 amide bonds. The minimum absolute atomic E-state index is 0.0625. The molecule has 0 radical (unpaired) electrons. The van der Waals surface area contributed by atoms with Crippen molar-refractivity contribution in [2.45, 2.75) is 19.4 Å². The number of sulfonamides is 1. The molecule has 0 fully saturated rings. The molecule has 1 N–H and O–H groups in total. The van der Waals surface area contributed by atoms with Crippen molar-refractivity contribution in [1.29, 1.82) is 0 Å². The zero-order valence-corrected chi connectivity index (χ0v) is 7.67. The van der Waals surface area contributed by atoms with E-state index < -0.39 is 10.0 Å². The van der Waals surface area contributed by atoms with Crippen molar-refractivity contribution in [1.82, 2.24) is 4.72 Å². The standard InChI is InChI=1S/C5H12ClNO2S/c1-5(3-4-6)7-10(2,8)9/h5,7H,3-4H2,1-2H3. The summed E-state index contributed by atoms with van der Waals surface area (Å²) >= 11 is 5.39. The van der Waals surface area contributed by atoms with E-state index in [4.69, 9.17) is 11.6 Å². The van der Waals surface area contributed by atoms with E-state index >= 15 is 0 Å². The van der Waals surface area contributed by atoms with Crippen molar-refractivity contribution in [2.24, 2.45) is 0 Å². The van der Waals surface area contributed by atoms with Crippen LogP contribution in [0.1, 0.15) is 13.3 Å². The number of rotatable bonds is 4. The van der Waals surface area contributed by atoms with Gasteiger partial charge in [0, 0.05) is 11.9 Å². The smallest absolute Gasteiger partial charge is 0.208 e. The molecule has 0 aromatic heterocycles. The van der Waals surface area contributed by atoms with Gasteiger partial charge >= 0.3 is 0 Å². The molecule has 0 heterocycles. The Morgan fingerprint density at radius 2 is 2.10 bits per heavy atom. The Morgan fingerprint density at radius 3 is 2.40 bits per heavy atom. The van der Waals surface area contributed by atoms with Crippen molar-refractivity contribution in [3.63, 3.8) is 0 Å². The van der Waals surface area contributed by atoms with Crippen LogP contribution in [0.25, 0.3) is 0 Å². The normalized spacial score (nSPS) is 15.1. The summed E-state index contributed by atoms with van der Waals surface area (Å²) in [4.78, 5) is 0. The minimum atomic E-state index is -3.05. The second kappa shape index (κ2) is 4.16. The zero-order chi connectivity index (χ0) is 8.20. The minimum Gasteiger partial charge on any atom is -0.213 e. The molecular formula is C5H12ClNO2S. The molecule has 0 saturated heterocycles. The molecule has 5 heteroatoms. The monoisotopic (exact) mass is 185 g/mol. The van der Waals surface area contributed by atoms with Crippen LogP contribution in [0.3, 0.4) is 0 Å². The van der Waals surface area contributed by atoms with Crippen LogP contribution in [0.5, 0.6) is 0 Å². The van der Waals surface area contributed by atoms with Gasteiger partial charge in [0.1, 0.15) is 0 Å². The predicted molar refractivity (Wildman–Crippen MR) is 42.8 cm³/mol. The van der Waals surface area contributed by atoms with Crippen LogP contribution in [-0.4, -0.2) is 26.6 Å². The lowest BCUT2D eigenvalue weighted by Gasteiger charge is -2.08. The van der Waals surface area contributed by atoms with Crippen LogP contribution in [0.2, 0.25) is 0 Å². The number of halogens is 1. The number of nitrogens with one attached hydrogen (secondary N) is 1. The molecule has 62 valence electrons. The summed E-state index contributed by atoms with van der Waals surface area (Å²) in [7, 11) is -3.05. The molecular weight excluding hydrogens is 174 g/mol. The van der Waals surface area contributed by atoms with E-state index in [1.165, 1.54) is 0 Å². The first-order valence-electron chi connectivity index (χ1n) is 2.99. The van der Waals surface area contributed by atoms with Crippen LogP contribution in [-0.2, 0) is 10.0 Å². The quantitative estimate of drug-likeness (QED) is 0.651. The molecule has 0 aliphatic rings. The van der Waals surface area contributed by atoms with Gasteiger partial charge in [0.05, 0.1) is 6.26 Å². The molecule has 0 saturated carbocycles. The van der Waals surface area contributed by atoms with E-state index in [2.05, 4.69) is 4.72 Å². The molecule has 10 heavy (non-hydrogen) atoms. The summed E-state index contributed by atoms with van der Waals surface area (Å²) < 4.78 is 23.5. The Balaban J connectivity index is 3.69. The third-order valence-electron chi connectivity index (χ3n) is 0.957. The average molecular weight is 186 g/mol. The fourth-order valence-electron chi connectivity index (χ4n) is 0.588. The van der Waals surface area contributed by atoms with Crippen molar-refractivity contribution in [3.05, 3.63) is 0 Å². The number of alkyl halides is 1. The Bertz CT molecular complexity index is 178. The van der Waals surface area contributed by atoms with Gasteiger partial charge in [-0.05, 0) is 13.3 Å². The molecule has 0 aliphatic carbocycles. The van der Waals surface area contributed by atoms with E-state index in [1.807, 2.05) is 0 Å². The molecule has 0 rings (SSSR count). The molecule has 1 unspecified atom stereocenters. The zero-order valence-electron chi connectivity index (χ0n) is 6.09. The lowest BCUT2D eigenvalue weighted by atomic mass is 10.3. The summed E-state index contributed by atoms with van der Waals surface area (Å²) in [5, 5.41) is 0. The summed E-state index contributed by atoms with van der Waals surface area (Å²) in [5.41, 5.74) is 0. The van der Waals surface area contributed by atoms with Gasteiger partial charge in [0.15, 0.2) is 0 Å². The van der Waals surface area contributed by atoms with Gasteiger partial charge in [-0.2, -0.15) is 0 Å². The summed E-state index contributed by atoms with van der Waals surface area (Å²) in [6.45, 7) is 1.78. The maximum absolute atomic E-state index is 10.6. The molecule has 0 aliphatic heterocycles. The number of hydrogen-bond donors (Lipinski definition) is 1. The molecule has 1 atom stereocenters. The van der Waals surface area contributed by atoms with Gasteiger partial charge in [-0.3, -0.25) is 0 Å². The Hall–Kier alpha value is 0.200. The second-order valence-electron chi connectivity index (χ2n) is 2.27. The van der Waals surface area contributed by atoms with Gasteiger partial charge in [-0.1, -0.05) is 0 Å². The highest BCUT2D eigenvalue weighted by Crippen LogP contribution is 1.93. The van der Waals surface area contributed by atoms with Crippen LogP contribution >= 0.6 is 11.6 Å². The van der Waals surface area contributed by atoms with Gasteiger partial charge in [0.2, 0.25) is 10.0 Å². The maximum atomic E-state index is 10.6. The SMILES string of the molecule is CC(CCCl)NS(C)(=O)=O. The average Bonchev–Trinajstić information content (AvgIpc) is 1.59. The molecule has 0 aromatic carbocycles. The largest absolute Gasteiger partial charge is 0.213 e. The van der Waals surface area contributed by atoms with Gasteiger partial charge < -0.3 is 0 Å². The fourth-order valence-corrected chi connectivity index (χ4v) is 1.76. The first kappa shape index (κ1) is 10.2. The molecule has 0 spiro atoms. The van der Waals surface area contributed by atoms with E-state index in [0.29, 0.717) is 12.3 Å². The van der Waals surface area contributed by atoms with Gasteiger partial charge in [-0.15, -0.1) is 11.6 Å². The highest BCUT2D eigenvalue weighted by molar-refractivity contribution is 7.88. The second-order valence-corrected chi connectivity index (χ2v) is 4.43. The third kappa shape index (κ3) is 6.32. The topological polar surface area (TPSA) is 46.2 Å². The van der Waals surface area contributed by atoms with Crippen molar-refractivity contribution in [3.8, 4) is 0 Å². The van der Waals surface area contributed by atoms with Crippen LogP contribution in [0.4, 0.5) is 0 Å². The van der Waals surface area contributed by atoms with Crippen molar-refractivity contribution in [2.75, 3.05) is 12.1 Å². The van der Waals surface area contributed by atoms with Gasteiger partial charge in [-0.25, -0.2) is 13.1 Å². The summed E-state index contributed by atoms with van der Waals surface area (Å²) in [6, 6.07) is -0.0625. The van der Waals surface area contributed by atoms with Crippen molar-refractivity contribution < 1.29 is 8.42 Å². The Kier molecular flexibility index (Phi) is 4.24. The summed E-state index contributed by atoms with van der Waals surface area (Å²) in [6.07, 6.45) is 1.80. The Labute approximate surface area is 66.8 Å².